The van der Waals surface area contributed by atoms with Crippen molar-refractivity contribution in [3.8, 4) is 0 Å². The second kappa shape index (κ2) is 16.2. The van der Waals surface area contributed by atoms with Crippen LogP contribution in [-0.2, 0) is 20.8 Å². The Bertz CT molecular complexity index is 1120. The summed E-state index contributed by atoms with van der Waals surface area (Å²) >= 11 is 0. The zero-order valence-electron chi connectivity index (χ0n) is 26.0. The number of para-hydroxylation sites is 1. The number of fused-ring (bicyclic) bond motifs is 1. The van der Waals surface area contributed by atoms with Gasteiger partial charge in [0.05, 0.1) is 5.52 Å². The van der Waals surface area contributed by atoms with Gasteiger partial charge in [-0.2, -0.15) is 0 Å². The normalized spacial score (nSPS) is 12.5. The summed E-state index contributed by atoms with van der Waals surface area (Å²) in [6.07, 6.45) is 6.44. The molecule has 0 saturated carbocycles. The minimum atomic E-state index is -0.759. The Hall–Kier alpha value is -3.36. The van der Waals surface area contributed by atoms with Gasteiger partial charge in [-0.15, -0.1) is 0 Å². The van der Waals surface area contributed by atoms with Crippen molar-refractivity contribution < 1.29 is 23.9 Å². The lowest BCUT2D eigenvalue weighted by Crippen LogP contribution is -2.49. The summed E-state index contributed by atoms with van der Waals surface area (Å²) in [7, 11) is 0. The molecule has 0 radical (unpaired) electrons. The van der Waals surface area contributed by atoms with Gasteiger partial charge in [-0.25, -0.2) is 9.59 Å². The monoisotopic (exact) mass is 570 g/mol. The number of unbranched alkanes of at least 4 members (excludes halogenated alkanes) is 4. The van der Waals surface area contributed by atoms with Gasteiger partial charge >= 0.3 is 12.2 Å². The summed E-state index contributed by atoms with van der Waals surface area (Å²) in [6, 6.07) is 9.10. The Labute approximate surface area is 245 Å². The molecule has 228 valence electrons. The molecule has 2 aromatic rings. The van der Waals surface area contributed by atoms with E-state index in [1.54, 1.807) is 27.0 Å². The first-order valence-electron chi connectivity index (χ1n) is 14.9. The van der Waals surface area contributed by atoms with Crippen LogP contribution in [0.25, 0.3) is 10.9 Å². The number of benzene rings is 1. The summed E-state index contributed by atoms with van der Waals surface area (Å²) in [4.78, 5) is 45.1. The molecule has 0 aliphatic heterocycles. The van der Waals surface area contributed by atoms with Crippen molar-refractivity contribution in [3.05, 3.63) is 42.1 Å². The van der Waals surface area contributed by atoms with E-state index in [0.717, 1.165) is 42.1 Å². The first kappa shape index (κ1) is 33.8. The second-order valence-corrected chi connectivity index (χ2v) is 12.4. The number of ether oxygens (including phenoxy) is 2. The van der Waals surface area contributed by atoms with Gasteiger partial charge < -0.3 is 25.0 Å². The Morgan fingerprint density at radius 3 is 2.24 bits per heavy atom. The number of alkyl carbamates (subject to hydrolysis) is 2. The van der Waals surface area contributed by atoms with Crippen LogP contribution in [0.5, 0.6) is 0 Å². The first-order chi connectivity index (χ1) is 19.3. The Morgan fingerprint density at radius 1 is 0.878 bits per heavy atom. The van der Waals surface area contributed by atoms with Crippen LogP contribution < -0.4 is 10.6 Å². The first-order valence-corrected chi connectivity index (χ1v) is 14.9. The average Bonchev–Trinajstić information content (AvgIpc) is 2.87. The molecule has 0 fully saturated rings. The van der Waals surface area contributed by atoms with Crippen molar-refractivity contribution in [2.45, 2.75) is 117 Å². The van der Waals surface area contributed by atoms with E-state index >= 15 is 0 Å². The number of pyridine rings is 1. The van der Waals surface area contributed by atoms with E-state index in [0.29, 0.717) is 38.9 Å². The van der Waals surface area contributed by atoms with Crippen molar-refractivity contribution in [3.63, 3.8) is 0 Å². The quantitative estimate of drug-likeness (QED) is 0.244. The minimum absolute atomic E-state index is 0.145. The molecular formula is C32H50N4O5. The summed E-state index contributed by atoms with van der Waals surface area (Å²) in [5.41, 5.74) is 0.631. The molecule has 1 unspecified atom stereocenters. The molecule has 0 saturated heterocycles. The fourth-order valence-electron chi connectivity index (χ4n) is 4.40. The largest absolute Gasteiger partial charge is 0.444 e. The molecule has 1 atom stereocenters. The van der Waals surface area contributed by atoms with Crippen molar-refractivity contribution in [1.82, 2.24) is 20.5 Å². The lowest BCUT2D eigenvalue weighted by Gasteiger charge is -2.29. The third-order valence-electron chi connectivity index (χ3n) is 6.27. The predicted molar refractivity (Wildman–Crippen MR) is 163 cm³/mol. The maximum atomic E-state index is 14.0. The molecule has 2 rings (SSSR count). The SMILES string of the molecule is CCCCCCN(Cc1ccnc2ccccc12)C(=O)C(CCCCNC(=O)OC(C)(C)C)NC(=O)OC(C)(C)C. The van der Waals surface area contributed by atoms with E-state index in [1.807, 2.05) is 56.0 Å². The number of hydrogen-bond donors (Lipinski definition) is 2. The summed E-state index contributed by atoms with van der Waals surface area (Å²) in [6.45, 7) is 14.4. The maximum Gasteiger partial charge on any atom is 0.408 e. The Balaban J connectivity index is 2.18. The topological polar surface area (TPSA) is 110 Å². The lowest BCUT2D eigenvalue weighted by molar-refractivity contribution is -0.134. The summed E-state index contributed by atoms with van der Waals surface area (Å²) in [5, 5.41) is 6.59. The maximum absolute atomic E-state index is 14.0. The predicted octanol–water partition coefficient (Wildman–Crippen LogP) is 6.73. The molecule has 9 nitrogen and oxygen atoms in total. The molecule has 3 amide bonds. The molecule has 0 bridgehead atoms. The molecule has 9 heteroatoms. The highest BCUT2D eigenvalue weighted by atomic mass is 16.6. The summed E-state index contributed by atoms with van der Waals surface area (Å²) < 4.78 is 10.8. The van der Waals surface area contributed by atoms with Crippen LogP contribution in [0.15, 0.2) is 36.5 Å². The van der Waals surface area contributed by atoms with Crippen LogP contribution in [0.1, 0.15) is 99.0 Å². The van der Waals surface area contributed by atoms with E-state index in [1.165, 1.54) is 0 Å². The Kier molecular flexibility index (Phi) is 13.4. The average molecular weight is 571 g/mol. The van der Waals surface area contributed by atoms with Crippen LogP contribution >= 0.6 is 0 Å². The summed E-state index contributed by atoms with van der Waals surface area (Å²) in [5.74, 6) is -0.145. The van der Waals surface area contributed by atoms with Crippen molar-refractivity contribution in [2.24, 2.45) is 0 Å². The second-order valence-electron chi connectivity index (χ2n) is 12.4. The van der Waals surface area contributed by atoms with Crippen molar-refractivity contribution in [2.75, 3.05) is 13.1 Å². The number of nitrogens with zero attached hydrogens (tertiary/aromatic N) is 2. The highest BCUT2D eigenvalue weighted by Crippen LogP contribution is 2.20. The highest BCUT2D eigenvalue weighted by molar-refractivity contribution is 5.87. The van der Waals surface area contributed by atoms with Gasteiger partial charge in [0, 0.05) is 31.2 Å². The van der Waals surface area contributed by atoms with Gasteiger partial charge in [0.2, 0.25) is 5.91 Å². The number of amides is 3. The van der Waals surface area contributed by atoms with Gasteiger partial charge in [0.1, 0.15) is 17.2 Å². The highest BCUT2D eigenvalue weighted by Gasteiger charge is 2.28. The zero-order chi connectivity index (χ0) is 30.5. The Morgan fingerprint density at radius 2 is 1.56 bits per heavy atom. The molecule has 0 spiro atoms. The number of carbonyl (C=O) groups excluding carboxylic acids is 3. The fourth-order valence-corrected chi connectivity index (χ4v) is 4.40. The molecule has 1 aromatic heterocycles. The van der Waals surface area contributed by atoms with Crippen LogP contribution in [0.2, 0.25) is 0 Å². The van der Waals surface area contributed by atoms with Gasteiger partial charge in [-0.05, 0) is 84.9 Å². The van der Waals surface area contributed by atoms with Crippen LogP contribution in [0.4, 0.5) is 9.59 Å². The number of hydrogen-bond acceptors (Lipinski definition) is 6. The number of aromatic nitrogens is 1. The van der Waals surface area contributed by atoms with Gasteiger partial charge in [-0.1, -0.05) is 44.4 Å². The van der Waals surface area contributed by atoms with E-state index < -0.39 is 29.4 Å². The van der Waals surface area contributed by atoms with Gasteiger partial charge in [0.15, 0.2) is 0 Å². The third-order valence-corrected chi connectivity index (χ3v) is 6.27. The molecule has 1 heterocycles. The van der Waals surface area contributed by atoms with E-state index in [-0.39, 0.29) is 5.91 Å². The molecule has 2 N–H and O–H groups in total. The minimum Gasteiger partial charge on any atom is -0.444 e. The molecule has 0 aliphatic carbocycles. The van der Waals surface area contributed by atoms with Crippen LogP contribution in [0, 0.1) is 0 Å². The van der Waals surface area contributed by atoms with Crippen LogP contribution in [-0.4, -0.2) is 58.3 Å². The standard InChI is InChI=1S/C32H50N4O5/c1-8-9-10-15-22-36(23-24-19-21-33-26-17-12-11-16-25(24)26)28(37)27(35-30(39)41-32(5,6)7)18-13-14-20-34-29(38)40-31(2,3)4/h11-12,16-17,19,21,27H,8-10,13-15,18,20,22-23H2,1-7H3,(H,34,38)(H,35,39). The molecule has 0 aliphatic rings. The number of rotatable bonds is 14. The lowest BCUT2D eigenvalue weighted by atomic mass is 10.1. The zero-order valence-corrected chi connectivity index (χ0v) is 26.0. The molecular weight excluding hydrogens is 520 g/mol. The van der Waals surface area contributed by atoms with Crippen molar-refractivity contribution >= 4 is 29.0 Å². The van der Waals surface area contributed by atoms with Crippen LogP contribution in [0.3, 0.4) is 0 Å². The van der Waals surface area contributed by atoms with Gasteiger partial charge in [0.25, 0.3) is 0 Å². The van der Waals surface area contributed by atoms with E-state index in [2.05, 4.69) is 22.5 Å². The van der Waals surface area contributed by atoms with Gasteiger partial charge in [-0.3, -0.25) is 9.78 Å². The third kappa shape index (κ3) is 13.2. The van der Waals surface area contributed by atoms with Crippen molar-refractivity contribution in [1.29, 1.82) is 0 Å². The molecule has 1 aromatic carbocycles. The number of carbonyl (C=O) groups is 3. The fraction of sp³-hybridized carbons (Fsp3) is 0.625. The smallest absolute Gasteiger partial charge is 0.408 e. The molecule has 41 heavy (non-hydrogen) atoms. The number of nitrogens with one attached hydrogen (secondary N) is 2. The van der Waals surface area contributed by atoms with E-state index in [4.69, 9.17) is 9.47 Å². The van der Waals surface area contributed by atoms with E-state index in [9.17, 15) is 14.4 Å².